The van der Waals surface area contributed by atoms with Gasteiger partial charge in [0.2, 0.25) is 0 Å². The Labute approximate surface area is 162 Å². The third-order valence-electron chi connectivity index (χ3n) is 3.50. The Morgan fingerprint density at radius 3 is 2.38 bits per heavy atom. The smallest absolute Gasteiger partial charge is 0.259 e. The van der Waals surface area contributed by atoms with Crippen LogP contribution in [0.5, 0.6) is 5.75 Å². The Kier molecular flexibility index (Phi) is 7.21. The first-order valence-electron chi connectivity index (χ1n) is 8.52. The van der Waals surface area contributed by atoms with Gasteiger partial charge in [0.15, 0.2) is 0 Å². The van der Waals surface area contributed by atoms with E-state index < -0.39 is 0 Å². The lowest BCUT2D eigenvalue weighted by Crippen LogP contribution is -2.22. The molecule has 6 heteroatoms. The SMILES string of the molecule is CCNC(=O)c1ccc(NC(=O)c2cc(Br)ccc2OCC(C)C)cc1. The van der Waals surface area contributed by atoms with Gasteiger partial charge in [0.05, 0.1) is 12.2 Å². The number of hydrogen-bond acceptors (Lipinski definition) is 3. The Bertz CT molecular complexity index is 773. The first kappa shape index (κ1) is 20.0. The second-order valence-corrected chi connectivity index (χ2v) is 7.15. The molecule has 2 aromatic carbocycles. The number of nitrogens with one attached hydrogen (secondary N) is 2. The van der Waals surface area contributed by atoms with E-state index in [0.717, 1.165) is 4.47 Å². The quantitative estimate of drug-likeness (QED) is 0.695. The number of halogens is 1. The second kappa shape index (κ2) is 9.38. The molecule has 0 saturated carbocycles. The molecule has 5 nitrogen and oxygen atoms in total. The third kappa shape index (κ3) is 5.59. The average Bonchev–Trinajstić information content (AvgIpc) is 2.61. The van der Waals surface area contributed by atoms with Gasteiger partial charge in [-0.2, -0.15) is 0 Å². The summed E-state index contributed by atoms with van der Waals surface area (Å²) in [5.74, 6) is 0.493. The maximum absolute atomic E-state index is 12.7. The highest BCUT2D eigenvalue weighted by Gasteiger charge is 2.14. The molecule has 0 aliphatic rings. The molecule has 0 spiro atoms. The number of amides is 2. The Morgan fingerprint density at radius 2 is 1.77 bits per heavy atom. The van der Waals surface area contributed by atoms with Gasteiger partial charge in [0, 0.05) is 22.3 Å². The number of ether oxygens (including phenoxy) is 1. The molecule has 0 saturated heterocycles. The summed E-state index contributed by atoms with van der Waals surface area (Å²) in [5.41, 5.74) is 1.61. The number of carbonyl (C=O) groups is 2. The van der Waals surface area contributed by atoms with Gasteiger partial charge in [-0.25, -0.2) is 0 Å². The third-order valence-corrected chi connectivity index (χ3v) is 3.99. The molecule has 0 aliphatic carbocycles. The fourth-order valence-corrected chi connectivity index (χ4v) is 2.59. The van der Waals surface area contributed by atoms with Crippen molar-refractivity contribution in [2.75, 3.05) is 18.5 Å². The van der Waals surface area contributed by atoms with E-state index in [0.29, 0.717) is 41.6 Å². The fraction of sp³-hybridized carbons (Fsp3) is 0.300. The van der Waals surface area contributed by atoms with E-state index in [1.54, 1.807) is 36.4 Å². The fourth-order valence-electron chi connectivity index (χ4n) is 2.23. The molecule has 0 aliphatic heterocycles. The maximum atomic E-state index is 12.7. The van der Waals surface area contributed by atoms with Crippen LogP contribution in [0.2, 0.25) is 0 Å². The van der Waals surface area contributed by atoms with Gasteiger partial charge in [-0.05, 0) is 55.3 Å². The Balaban J connectivity index is 2.14. The van der Waals surface area contributed by atoms with Gasteiger partial charge in [-0.1, -0.05) is 29.8 Å². The number of anilines is 1. The van der Waals surface area contributed by atoms with Crippen molar-refractivity contribution in [3.05, 3.63) is 58.1 Å². The van der Waals surface area contributed by atoms with Crippen LogP contribution in [0.15, 0.2) is 46.9 Å². The van der Waals surface area contributed by atoms with E-state index in [9.17, 15) is 9.59 Å². The Hall–Kier alpha value is -2.34. The summed E-state index contributed by atoms with van der Waals surface area (Å²) in [7, 11) is 0. The van der Waals surface area contributed by atoms with Crippen molar-refractivity contribution in [1.29, 1.82) is 0 Å². The number of carbonyl (C=O) groups excluding carboxylic acids is 2. The van der Waals surface area contributed by atoms with Crippen molar-refractivity contribution in [1.82, 2.24) is 5.32 Å². The monoisotopic (exact) mass is 418 g/mol. The van der Waals surface area contributed by atoms with Gasteiger partial charge in [0.1, 0.15) is 5.75 Å². The summed E-state index contributed by atoms with van der Waals surface area (Å²) in [4.78, 5) is 24.5. The van der Waals surface area contributed by atoms with Crippen molar-refractivity contribution in [3.63, 3.8) is 0 Å². The highest BCUT2D eigenvalue weighted by molar-refractivity contribution is 9.10. The Morgan fingerprint density at radius 1 is 1.08 bits per heavy atom. The van der Waals surface area contributed by atoms with Gasteiger partial charge in [-0.3, -0.25) is 9.59 Å². The molecule has 0 bridgehead atoms. The zero-order chi connectivity index (χ0) is 19.1. The summed E-state index contributed by atoms with van der Waals surface area (Å²) in [5, 5.41) is 5.58. The van der Waals surface area contributed by atoms with E-state index >= 15 is 0 Å². The zero-order valence-corrected chi connectivity index (χ0v) is 16.7. The van der Waals surface area contributed by atoms with Crippen LogP contribution in [-0.2, 0) is 0 Å². The van der Waals surface area contributed by atoms with Crippen LogP contribution >= 0.6 is 15.9 Å². The van der Waals surface area contributed by atoms with E-state index in [1.165, 1.54) is 0 Å². The van der Waals surface area contributed by atoms with Crippen LogP contribution in [0, 0.1) is 5.92 Å². The molecule has 2 rings (SSSR count). The molecule has 0 aromatic heterocycles. The summed E-state index contributed by atoms with van der Waals surface area (Å²) >= 11 is 3.39. The van der Waals surface area contributed by atoms with Crippen LogP contribution < -0.4 is 15.4 Å². The predicted octanol–water partition coefficient (Wildman–Crippen LogP) is 4.49. The second-order valence-electron chi connectivity index (χ2n) is 6.24. The van der Waals surface area contributed by atoms with E-state index in [2.05, 4.69) is 40.4 Å². The lowest BCUT2D eigenvalue weighted by Gasteiger charge is -2.14. The van der Waals surface area contributed by atoms with Crippen LogP contribution in [0.3, 0.4) is 0 Å². The standard InChI is InChI=1S/C20H23BrN2O3/c1-4-22-19(24)14-5-8-16(9-6-14)23-20(25)17-11-15(21)7-10-18(17)26-12-13(2)3/h5-11,13H,4,12H2,1-3H3,(H,22,24)(H,23,25). The zero-order valence-electron chi connectivity index (χ0n) is 15.1. The van der Waals surface area contributed by atoms with Gasteiger partial charge in [0.25, 0.3) is 11.8 Å². The van der Waals surface area contributed by atoms with Crippen LogP contribution in [-0.4, -0.2) is 25.0 Å². The molecule has 0 atom stereocenters. The average molecular weight is 419 g/mol. The van der Waals surface area contributed by atoms with Crippen molar-refractivity contribution < 1.29 is 14.3 Å². The molecular weight excluding hydrogens is 396 g/mol. The van der Waals surface area contributed by atoms with Crippen molar-refractivity contribution in [2.45, 2.75) is 20.8 Å². The molecule has 2 amide bonds. The largest absolute Gasteiger partial charge is 0.492 e. The van der Waals surface area contributed by atoms with Gasteiger partial charge >= 0.3 is 0 Å². The van der Waals surface area contributed by atoms with Crippen molar-refractivity contribution in [2.24, 2.45) is 5.92 Å². The normalized spacial score (nSPS) is 10.5. The molecule has 2 aromatic rings. The number of rotatable bonds is 7. The molecule has 0 radical (unpaired) electrons. The minimum atomic E-state index is -0.268. The molecule has 26 heavy (non-hydrogen) atoms. The lowest BCUT2D eigenvalue weighted by molar-refractivity contribution is 0.0955. The number of hydrogen-bond donors (Lipinski definition) is 2. The van der Waals surface area contributed by atoms with Gasteiger partial charge in [-0.15, -0.1) is 0 Å². The highest BCUT2D eigenvalue weighted by Crippen LogP contribution is 2.25. The minimum absolute atomic E-state index is 0.137. The topological polar surface area (TPSA) is 67.4 Å². The van der Waals surface area contributed by atoms with Crippen molar-refractivity contribution in [3.8, 4) is 5.75 Å². The molecule has 138 valence electrons. The first-order valence-corrected chi connectivity index (χ1v) is 9.32. The predicted molar refractivity (Wildman–Crippen MR) is 107 cm³/mol. The van der Waals surface area contributed by atoms with Crippen LogP contribution in [0.25, 0.3) is 0 Å². The minimum Gasteiger partial charge on any atom is -0.492 e. The molecule has 0 unspecified atom stereocenters. The molecule has 2 N–H and O–H groups in total. The summed E-state index contributed by atoms with van der Waals surface area (Å²) in [6, 6.07) is 12.1. The summed E-state index contributed by atoms with van der Waals surface area (Å²) in [6.45, 7) is 7.07. The van der Waals surface area contributed by atoms with Crippen LogP contribution in [0.1, 0.15) is 41.5 Å². The van der Waals surface area contributed by atoms with E-state index in [-0.39, 0.29) is 11.8 Å². The molecular formula is C20H23BrN2O3. The number of benzene rings is 2. The maximum Gasteiger partial charge on any atom is 0.259 e. The van der Waals surface area contributed by atoms with Crippen LogP contribution in [0.4, 0.5) is 5.69 Å². The molecule has 0 fully saturated rings. The summed E-state index contributed by atoms with van der Waals surface area (Å²) in [6.07, 6.45) is 0. The highest BCUT2D eigenvalue weighted by atomic mass is 79.9. The van der Waals surface area contributed by atoms with Crippen molar-refractivity contribution >= 4 is 33.4 Å². The van der Waals surface area contributed by atoms with Gasteiger partial charge < -0.3 is 15.4 Å². The molecule has 0 heterocycles. The van der Waals surface area contributed by atoms with E-state index in [1.807, 2.05) is 13.0 Å². The first-order chi connectivity index (χ1) is 12.4. The lowest BCUT2D eigenvalue weighted by atomic mass is 10.1. The van der Waals surface area contributed by atoms with E-state index in [4.69, 9.17) is 4.74 Å². The summed E-state index contributed by atoms with van der Waals surface area (Å²) < 4.78 is 6.55.